The minimum Gasteiger partial charge on any atom is -0.356 e. The zero-order valence-electron chi connectivity index (χ0n) is 9.03. The van der Waals surface area contributed by atoms with Gasteiger partial charge in [0.1, 0.15) is 5.69 Å². The molecule has 4 N–H and O–H groups in total. The number of benzene rings is 1. The van der Waals surface area contributed by atoms with E-state index in [9.17, 15) is 4.79 Å². The highest BCUT2D eigenvalue weighted by Gasteiger charge is 2.09. The summed E-state index contributed by atoms with van der Waals surface area (Å²) in [7, 11) is 0. The minimum absolute atomic E-state index is 0.184. The van der Waals surface area contributed by atoms with Crippen LogP contribution in [0.5, 0.6) is 0 Å². The Kier molecular flexibility index (Phi) is 3.61. The third-order valence-electron chi connectivity index (χ3n) is 2.38. The highest BCUT2D eigenvalue weighted by atomic mass is 79.9. The molecule has 1 aromatic carbocycles. The standard InChI is InChI=1S/C12H12BrN3O/c13-9-5-11(15-7-9)12(17)16-10-4-2-1-3-8(10)6-14/h1-5,7,15H,6,14H2,(H,16,17). The van der Waals surface area contributed by atoms with Gasteiger partial charge in [0.25, 0.3) is 5.91 Å². The molecule has 2 rings (SSSR count). The van der Waals surface area contributed by atoms with E-state index in [0.29, 0.717) is 12.2 Å². The number of aromatic amines is 1. The highest BCUT2D eigenvalue weighted by Crippen LogP contribution is 2.16. The van der Waals surface area contributed by atoms with Gasteiger partial charge < -0.3 is 16.0 Å². The first kappa shape index (κ1) is 11.9. The van der Waals surface area contributed by atoms with Crippen molar-refractivity contribution in [1.29, 1.82) is 0 Å². The Morgan fingerprint density at radius 2 is 2.18 bits per heavy atom. The maximum absolute atomic E-state index is 11.9. The number of hydrogen-bond acceptors (Lipinski definition) is 2. The van der Waals surface area contributed by atoms with Crippen LogP contribution in [0.2, 0.25) is 0 Å². The molecule has 17 heavy (non-hydrogen) atoms. The predicted molar refractivity (Wildman–Crippen MR) is 70.8 cm³/mol. The smallest absolute Gasteiger partial charge is 0.272 e. The summed E-state index contributed by atoms with van der Waals surface area (Å²) in [6, 6.07) is 9.20. The summed E-state index contributed by atoms with van der Waals surface area (Å²) >= 11 is 3.28. The fraction of sp³-hybridized carbons (Fsp3) is 0.0833. The van der Waals surface area contributed by atoms with Crippen molar-refractivity contribution in [2.75, 3.05) is 5.32 Å². The van der Waals surface area contributed by atoms with Crippen molar-refractivity contribution < 1.29 is 4.79 Å². The molecule has 0 radical (unpaired) electrons. The van der Waals surface area contributed by atoms with E-state index in [1.807, 2.05) is 24.3 Å². The van der Waals surface area contributed by atoms with Crippen LogP contribution in [0.4, 0.5) is 5.69 Å². The fourth-order valence-electron chi connectivity index (χ4n) is 1.51. The molecule has 1 aromatic heterocycles. The monoisotopic (exact) mass is 293 g/mol. The molecule has 0 fully saturated rings. The van der Waals surface area contributed by atoms with Crippen LogP contribution < -0.4 is 11.1 Å². The van der Waals surface area contributed by atoms with Gasteiger partial charge in [0.15, 0.2) is 0 Å². The zero-order chi connectivity index (χ0) is 12.3. The Hall–Kier alpha value is -1.59. The van der Waals surface area contributed by atoms with E-state index in [2.05, 4.69) is 26.2 Å². The average Bonchev–Trinajstić information content (AvgIpc) is 2.77. The number of rotatable bonds is 3. The number of halogens is 1. The lowest BCUT2D eigenvalue weighted by molar-refractivity contribution is 0.102. The quantitative estimate of drug-likeness (QED) is 0.814. The highest BCUT2D eigenvalue weighted by molar-refractivity contribution is 9.10. The van der Waals surface area contributed by atoms with Crippen LogP contribution in [0, 0.1) is 0 Å². The summed E-state index contributed by atoms with van der Waals surface area (Å²) in [4.78, 5) is 14.8. The molecule has 88 valence electrons. The van der Waals surface area contributed by atoms with Crippen molar-refractivity contribution >= 4 is 27.5 Å². The molecule has 5 heteroatoms. The second-order valence-electron chi connectivity index (χ2n) is 3.55. The summed E-state index contributed by atoms with van der Waals surface area (Å²) in [5, 5.41) is 2.82. The second-order valence-corrected chi connectivity index (χ2v) is 4.46. The fourth-order valence-corrected chi connectivity index (χ4v) is 1.85. The molecule has 1 amide bonds. The van der Waals surface area contributed by atoms with Gasteiger partial charge in [0.05, 0.1) is 0 Å². The van der Waals surface area contributed by atoms with E-state index in [-0.39, 0.29) is 5.91 Å². The lowest BCUT2D eigenvalue weighted by Crippen LogP contribution is -2.14. The third kappa shape index (κ3) is 2.75. The van der Waals surface area contributed by atoms with Crippen LogP contribution in [0.25, 0.3) is 0 Å². The van der Waals surface area contributed by atoms with Gasteiger partial charge in [-0.1, -0.05) is 18.2 Å². The summed E-state index contributed by atoms with van der Waals surface area (Å²) in [5.74, 6) is -0.184. The van der Waals surface area contributed by atoms with Crippen LogP contribution >= 0.6 is 15.9 Å². The Labute approximate surface area is 107 Å². The molecule has 0 aliphatic carbocycles. The van der Waals surface area contributed by atoms with E-state index >= 15 is 0 Å². The number of hydrogen-bond donors (Lipinski definition) is 3. The molecule has 1 heterocycles. The van der Waals surface area contributed by atoms with Crippen molar-refractivity contribution in [2.45, 2.75) is 6.54 Å². The van der Waals surface area contributed by atoms with Crippen LogP contribution in [0.3, 0.4) is 0 Å². The molecule has 0 spiro atoms. The number of amides is 1. The zero-order valence-corrected chi connectivity index (χ0v) is 10.6. The van der Waals surface area contributed by atoms with Crippen molar-refractivity contribution in [2.24, 2.45) is 5.73 Å². The molecule has 0 saturated heterocycles. The molecule has 0 saturated carbocycles. The number of carbonyl (C=O) groups excluding carboxylic acids is 1. The first-order valence-corrected chi connectivity index (χ1v) is 5.93. The first-order chi connectivity index (χ1) is 8.20. The van der Waals surface area contributed by atoms with E-state index in [0.717, 1.165) is 15.7 Å². The normalized spacial score (nSPS) is 10.2. The van der Waals surface area contributed by atoms with Gasteiger partial charge in [0.2, 0.25) is 0 Å². The Morgan fingerprint density at radius 3 is 2.82 bits per heavy atom. The third-order valence-corrected chi connectivity index (χ3v) is 2.84. The first-order valence-electron chi connectivity index (χ1n) is 5.14. The van der Waals surface area contributed by atoms with Crippen LogP contribution in [0.15, 0.2) is 41.0 Å². The van der Waals surface area contributed by atoms with E-state index in [1.54, 1.807) is 12.3 Å². The molecule has 4 nitrogen and oxygen atoms in total. The number of nitrogens with one attached hydrogen (secondary N) is 2. The second kappa shape index (κ2) is 5.16. The van der Waals surface area contributed by atoms with Gasteiger partial charge in [-0.15, -0.1) is 0 Å². The van der Waals surface area contributed by atoms with Crippen molar-refractivity contribution in [3.8, 4) is 0 Å². The number of para-hydroxylation sites is 1. The summed E-state index contributed by atoms with van der Waals surface area (Å²) in [6.07, 6.45) is 1.71. The number of nitrogens with two attached hydrogens (primary N) is 1. The Morgan fingerprint density at radius 1 is 1.41 bits per heavy atom. The van der Waals surface area contributed by atoms with E-state index in [1.165, 1.54) is 0 Å². The number of anilines is 1. The molecule has 0 aliphatic heterocycles. The molecule has 0 unspecified atom stereocenters. The maximum Gasteiger partial charge on any atom is 0.272 e. The average molecular weight is 294 g/mol. The van der Waals surface area contributed by atoms with Gasteiger partial charge in [-0.3, -0.25) is 4.79 Å². The summed E-state index contributed by atoms with van der Waals surface area (Å²) in [5.41, 5.74) is 7.76. The van der Waals surface area contributed by atoms with Gasteiger partial charge in [-0.05, 0) is 33.6 Å². The molecule has 0 aliphatic rings. The van der Waals surface area contributed by atoms with Crippen molar-refractivity contribution in [3.05, 3.63) is 52.3 Å². The lowest BCUT2D eigenvalue weighted by Gasteiger charge is -2.08. The van der Waals surface area contributed by atoms with Crippen LogP contribution in [-0.4, -0.2) is 10.9 Å². The molecule has 0 bridgehead atoms. The molecular formula is C12H12BrN3O. The van der Waals surface area contributed by atoms with E-state index in [4.69, 9.17) is 5.73 Å². The SMILES string of the molecule is NCc1ccccc1NC(=O)c1cc(Br)c[nH]1. The van der Waals surface area contributed by atoms with Crippen LogP contribution in [0.1, 0.15) is 16.1 Å². The van der Waals surface area contributed by atoms with Crippen molar-refractivity contribution in [3.63, 3.8) is 0 Å². The number of aromatic nitrogens is 1. The lowest BCUT2D eigenvalue weighted by atomic mass is 10.2. The molecule has 0 atom stereocenters. The summed E-state index contributed by atoms with van der Waals surface area (Å²) < 4.78 is 0.842. The maximum atomic E-state index is 11.9. The van der Waals surface area contributed by atoms with Gasteiger partial charge in [0, 0.05) is 22.9 Å². The van der Waals surface area contributed by atoms with Gasteiger partial charge in [-0.25, -0.2) is 0 Å². The minimum atomic E-state index is -0.184. The van der Waals surface area contributed by atoms with Gasteiger partial charge in [-0.2, -0.15) is 0 Å². The van der Waals surface area contributed by atoms with Crippen LogP contribution in [-0.2, 0) is 6.54 Å². The molecular weight excluding hydrogens is 282 g/mol. The number of carbonyl (C=O) groups is 1. The topological polar surface area (TPSA) is 70.9 Å². The predicted octanol–water partition coefficient (Wildman–Crippen LogP) is 2.49. The van der Waals surface area contributed by atoms with E-state index < -0.39 is 0 Å². The Balaban J connectivity index is 2.18. The number of H-pyrrole nitrogens is 1. The Bertz CT molecular complexity index is 536. The largest absolute Gasteiger partial charge is 0.356 e. The summed E-state index contributed by atoms with van der Waals surface area (Å²) in [6.45, 7) is 0.394. The van der Waals surface area contributed by atoms with Crippen molar-refractivity contribution in [1.82, 2.24) is 4.98 Å². The van der Waals surface area contributed by atoms with Gasteiger partial charge >= 0.3 is 0 Å². The molecule has 2 aromatic rings.